The summed E-state index contributed by atoms with van der Waals surface area (Å²) in [5.41, 5.74) is 0.449. The second-order valence-electron chi connectivity index (χ2n) is 12.4. The largest absolute Gasteiger partial charge is 0.460 e. The lowest BCUT2D eigenvalue weighted by molar-refractivity contribution is -0.161. The molecule has 0 spiro atoms. The van der Waals surface area contributed by atoms with Gasteiger partial charge in [0, 0.05) is 13.1 Å². The first-order valence-electron chi connectivity index (χ1n) is 15.2. The van der Waals surface area contributed by atoms with E-state index >= 15 is 0 Å². The molecule has 10 heteroatoms. The van der Waals surface area contributed by atoms with Gasteiger partial charge in [-0.05, 0) is 68.0 Å². The summed E-state index contributed by atoms with van der Waals surface area (Å²) < 4.78 is 47.5. The molecule has 45 heavy (non-hydrogen) atoms. The summed E-state index contributed by atoms with van der Waals surface area (Å²) >= 11 is 0. The molecule has 0 bridgehead atoms. The highest BCUT2D eigenvalue weighted by Crippen LogP contribution is 2.29. The van der Waals surface area contributed by atoms with E-state index in [9.17, 15) is 27.5 Å². The van der Waals surface area contributed by atoms with Crippen LogP contribution in [0, 0.1) is 23.1 Å². The maximum Gasteiger partial charge on any atom is 0.312 e. The summed E-state index contributed by atoms with van der Waals surface area (Å²) in [5, 5.41) is 14.4. The van der Waals surface area contributed by atoms with E-state index in [1.807, 2.05) is 74.5 Å². The fourth-order valence-corrected chi connectivity index (χ4v) is 6.15. The second kappa shape index (κ2) is 16.1. The van der Waals surface area contributed by atoms with Gasteiger partial charge >= 0.3 is 5.97 Å². The first kappa shape index (κ1) is 35.9. The molecule has 0 heterocycles. The van der Waals surface area contributed by atoms with Gasteiger partial charge in [0.05, 0.1) is 28.4 Å². The monoisotopic (exact) mass is 640 g/mol. The maximum absolute atomic E-state index is 13.6. The first-order valence-corrected chi connectivity index (χ1v) is 16.6. The highest BCUT2D eigenvalue weighted by molar-refractivity contribution is 7.89. The Kier molecular flexibility index (Phi) is 12.8. The van der Waals surface area contributed by atoms with Gasteiger partial charge in [0.15, 0.2) is 0 Å². The zero-order valence-corrected chi connectivity index (χ0v) is 27.5. The van der Waals surface area contributed by atoms with Crippen LogP contribution in [0.25, 0.3) is 0 Å². The first-order chi connectivity index (χ1) is 21.2. The van der Waals surface area contributed by atoms with E-state index in [2.05, 4.69) is 5.32 Å². The lowest BCUT2D eigenvalue weighted by Crippen LogP contribution is -2.53. The van der Waals surface area contributed by atoms with Crippen LogP contribution >= 0.6 is 0 Å². The summed E-state index contributed by atoms with van der Waals surface area (Å²) in [6, 6.07) is 22.1. The van der Waals surface area contributed by atoms with E-state index < -0.39 is 51.2 Å². The molecule has 3 aromatic carbocycles. The average Bonchev–Trinajstić information content (AvgIpc) is 3.01. The second-order valence-corrected chi connectivity index (χ2v) is 14.3. The van der Waals surface area contributed by atoms with Crippen molar-refractivity contribution in [1.82, 2.24) is 9.62 Å². The van der Waals surface area contributed by atoms with Crippen molar-refractivity contribution in [3.8, 4) is 0 Å². The molecular weight excluding hydrogens is 595 g/mol. The number of nitrogens with one attached hydrogen (secondary N) is 1. The predicted octanol–water partition coefficient (Wildman–Crippen LogP) is 5.36. The third kappa shape index (κ3) is 10.2. The van der Waals surface area contributed by atoms with Crippen LogP contribution in [0.1, 0.15) is 52.2 Å². The number of nitrogens with zero attached hydrogens (tertiary/aromatic N) is 1. The van der Waals surface area contributed by atoms with E-state index in [-0.39, 0.29) is 36.9 Å². The van der Waals surface area contributed by atoms with Crippen LogP contribution in [0.3, 0.4) is 0 Å². The molecule has 3 atom stereocenters. The van der Waals surface area contributed by atoms with Gasteiger partial charge in [-0.15, -0.1) is 0 Å². The van der Waals surface area contributed by atoms with E-state index in [1.165, 1.54) is 16.4 Å². The molecule has 0 saturated heterocycles. The normalized spacial score (nSPS) is 14.2. The summed E-state index contributed by atoms with van der Waals surface area (Å²) in [6.45, 7) is 8.71. The maximum atomic E-state index is 13.6. The van der Waals surface area contributed by atoms with E-state index in [1.54, 1.807) is 20.8 Å². The highest BCUT2D eigenvalue weighted by atomic mass is 32.2. The van der Waals surface area contributed by atoms with Gasteiger partial charge < -0.3 is 15.2 Å². The van der Waals surface area contributed by atoms with Crippen molar-refractivity contribution in [2.75, 3.05) is 13.1 Å². The van der Waals surface area contributed by atoms with Crippen molar-refractivity contribution in [2.45, 2.75) is 71.1 Å². The van der Waals surface area contributed by atoms with Gasteiger partial charge in [0.25, 0.3) is 0 Å². The Labute approximate surface area is 266 Å². The number of hydrogen-bond acceptors (Lipinski definition) is 6. The van der Waals surface area contributed by atoms with Crippen LogP contribution in [0.2, 0.25) is 0 Å². The molecule has 0 unspecified atom stereocenters. The fraction of sp³-hybridized carbons (Fsp3) is 0.429. The Morgan fingerprint density at radius 2 is 1.47 bits per heavy atom. The smallest absolute Gasteiger partial charge is 0.312 e. The number of aliphatic hydroxyl groups is 1. The number of halogens is 1. The number of hydrogen-bond donors (Lipinski definition) is 2. The van der Waals surface area contributed by atoms with E-state index in [0.29, 0.717) is 6.42 Å². The van der Waals surface area contributed by atoms with Crippen molar-refractivity contribution in [3.63, 3.8) is 0 Å². The summed E-state index contributed by atoms with van der Waals surface area (Å²) in [6.07, 6.45) is -0.565. The Hall–Kier alpha value is -3.60. The van der Waals surface area contributed by atoms with Crippen molar-refractivity contribution in [3.05, 3.63) is 102 Å². The number of carbonyl (C=O) groups is 2. The van der Waals surface area contributed by atoms with Gasteiger partial charge in [0.1, 0.15) is 12.4 Å². The van der Waals surface area contributed by atoms with Gasteiger partial charge in [-0.2, -0.15) is 4.31 Å². The lowest BCUT2D eigenvalue weighted by atomic mass is 9.79. The van der Waals surface area contributed by atoms with Gasteiger partial charge in [0.2, 0.25) is 15.9 Å². The molecule has 0 aromatic heterocycles. The molecule has 244 valence electrons. The van der Waals surface area contributed by atoms with Crippen molar-refractivity contribution < 1.29 is 32.2 Å². The van der Waals surface area contributed by atoms with Gasteiger partial charge in [-0.25, -0.2) is 12.8 Å². The Balaban J connectivity index is 1.82. The third-order valence-electron chi connectivity index (χ3n) is 8.10. The van der Waals surface area contributed by atoms with Crippen LogP contribution in [0.5, 0.6) is 0 Å². The van der Waals surface area contributed by atoms with Crippen LogP contribution < -0.4 is 5.32 Å². The zero-order chi connectivity index (χ0) is 33.2. The molecule has 0 aliphatic carbocycles. The standard InChI is InChI=1S/C35H45FN2O6S/c1-25(2)20-21-38(45(42,43)30-18-16-29(36)17-19-30)23-32(39)31(22-27-12-8-6-9-13-27)37-33(40)26(3)35(4,5)34(41)44-24-28-14-10-7-11-15-28/h6-19,25-26,31-32,39H,20-24H2,1-5H3,(H,37,40)/t26-,31-,32+/m1/s1. The average molecular weight is 641 g/mol. The summed E-state index contributed by atoms with van der Waals surface area (Å²) in [5.74, 6) is -2.25. The molecule has 1 amide bonds. The Morgan fingerprint density at radius 1 is 0.911 bits per heavy atom. The number of benzene rings is 3. The molecule has 0 fully saturated rings. The van der Waals surface area contributed by atoms with Crippen molar-refractivity contribution in [2.24, 2.45) is 17.3 Å². The summed E-state index contributed by atoms with van der Waals surface area (Å²) in [4.78, 5) is 26.6. The molecule has 3 aromatic rings. The number of carbonyl (C=O) groups excluding carboxylic acids is 2. The molecule has 0 saturated carbocycles. The minimum Gasteiger partial charge on any atom is -0.460 e. The third-order valence-corrected chi connectivity index (χ3v) is 9.98. The van der Waals surface area contributed by atoms with E-state index in [4.69, 9.17) is 4.74 Å². The van der Waals surface area contributed by atoms with Crippen molar-refractivity contribution >= 4 is 21.9 Å². The quantitative estimate of drug-likeness (QED) is 0.204. The topological polar surface area (TPSA) is 113 Å². The minimum absolute atomic E-state index is 0.0710. The molecule has 8 nitrogen and oxygen atoms in total. The summed E-state index contributed by atoms with van der Waals surface area (Å²) in [7, 11) is -4.09. The molecule has 0 aliphatic rings. The number of rotatable bonds is 16. The Morgan fingerprint density at radius 3 is 2.02 bits per heavy atom. The zero-order valence-electron chi connectivity index (χ0n) is 26.6. The molecular formula is C35H45FN2O6S. The number of esters is 1. The van der Waals surface area contributed by atoms with Gasteiger partial charge in [-0.3, -0.25) is 9.59 Å². The fourth-order valence-electron chi connectivity index (χ4n) is 4.68. The van der Waals surface area contributed by atoms with Crippen LogP contribution in [-0.2, 0) is 37.4 Å². The lowest BCUT2D eigenvalue weighted by Gasteiger charge is -2.33. The van der Waals surface area contributed by atoms with Crippen molar-refractivity contribution in [1.29, 1.82) is 0 Å². The molecule has 0 radical (unpaired) electrons. The minimum atomic E-state index is -4.09. The van der Waals surface area contributed by atoms with Crippen LogP contribution in [0.15, 0.2) is 89.8 Å². The molecule has 0 aliphatic heterocycles. The number of sulfonamides is 1. The van der Waals surface area contributed by atoms with Crippen LogP contribution in [0.4, 0.5) is 4.39 Å². The highest BCUT2D eigenvalue weighted by Gasteiger charge is 2.41. The number of ether oxygens (including phenoxy) is 1. The SMILES string of the molecule is CC(C)CCN(C[C@H](O)[C@@H](Cc1ccccc1)NC(=O)[C@@H](C)C(C)(C)C(=O)OCc1ccccc1)S(=O)(=O)c1ccc(F)cc1. The number of amides is 1. The number of aliphatic hydroxyl groups excluding tert-OH is 1. The Bertz CT molecular complexity index is 1480. The predicted molar refractivity (Wildman–Crippen MR) is 172 cm³/mol. The van der Waals surface area contributed by atoms with E-state index in [0.717, 1.165) is 23.3 Å². The molecule has 3 rings (SSSR count). The van der Waals surface area contributed by atoms with Crippen LogP contribution in [-0.4, -0.2) is 54.9 Å². The van der Waals surface area contributed by atoms with Gasteiger partial charge in [-0.1, -0.05) is 81.4 Å². The molecule has 2 N–H and O–H groups in total.